The minimum atomic E-state index is -0.270. The SMILES string of the molecule is C/C=C1/N/C(=C\C(C)(C)C)C2(CCN(C(=O)c3ccc(OC)c(OC)c3)CC2)N/C1=C/COC. The van der Waals surface area contributed by atoms with Gasteiger partial charge < -0.3 is 29.7 Å². The van der Waals surface area contributed by atoms with Crippen LogP contribution in [-0.2, 0) is 4.74 Å². The van der Waals surface area contributed by atoms with E-state index in [1.54, 1.807) is 39.5 Å². The van der Waals surface area contributed by atoms with Gasteiger partial charge in [0.15, 0.2) is 11.5 Å². The molecule has 2 saturated heterocycles. The average Bonchev–Trinajstić information content (AvgIpc) is 2.82. The summed E-state index contributed by atoms with van der Waals surface area (Å²) in [5.41, 5.74) is 3.59. The van der Waals surface area contributed by atoms with Crippen LogP contribution in [0, 0.1) is 5.41 Å². The minimum absolute atomic E-state index is 0.00483. The zero-order chi connectivity index (χ0) is 24.9. The second-order valence-electron chi connectivity index (χ2n) is 9.89. The lowest BCUT2D eigenvalue weighted by Gasteiger charge is -2.49. The molecule has 1 aromatic carbocycles. The Kier molecular flexibility index (Phi) is 7.97. The van der Waals surface area contributed by atoms with Crippen molar-refractivity contribution in [1.29, 1.82) is 0 Å². The Hall–Kier alpha value is -2.93. The summed E-state index contributed by atoms with van der Waals surface area (Å²) < 4.78 is 16.0. The van der Waals surface area contributed by atoms with Gasteiger partial charge in [-0.2, -0.15) is 0 Å². The first-order valence-electron chi connectivity index (χ1n) is 11.8. The third-order valence-electron chi connectivity index (χ3n) is 6.30. The predicted molar refractivity (Wildman–Crippen MR) is 135 cm³/mol. The summed E-state index contributed by atoms with van der Waals surface area (Å²) in [7, 11) is 4.86. The van der Waals surface area contributed by atoms with Gasteiger partial charge >= 0.3 is 0 Å². The summed E-state index contributed by atoms with van der Waals surface area (Å²) in [5.74, 6) is 1.17. The Balaban J connectivity index is 1.85. The van der Waals surface area contributed by atoms with Crippen molar-refractivity contribution in [3.05, 3.63) is 59.1 Å². The fourth-order valence-electron chi connectivity index (χ4n) is 4.52. The lowest BCUT2D eigenvalue weighted by Crippen LogP contribution is -2.60. The Morgan fingerprint density at radius 1 is 1.09 bits per heavy atom. The molecule has 34 heavy (non-hydrogen) atoms. The van der Waals surface area contributed by atoms with Gasteiger partial charge in [0.1, 0.15) is 0 Å². The molecule has 1 spiro atoms. The monoisotopic (exact) mass is 469 g/mol. The third-order valence-corrected chi connectivity index (χ3v) is 6.30. The van der Waals surface area contributed by atoms with Gasteiger partial charge in [-0.3, -0.25) is 4.79 Å². The van der Waals surface area contributed by atoms with E-state index < -0.39 is 0 Å². The number of nitrogens with zero attached hydrogens (tertiary/aromatic N) is 1. The highest BCUT2D eigenvalue weighted by atomic mass is 16.5. The molecule has 0 bridgehead atoms. The molecule has 2 fully saturated rings. The van der Waals surface area contributed by atoms with E-state index in [1.165, 1.54) is 5.70 Å². The number of hydrogen-bond donors (Lipinski definition) is 2. The summed E-state index contributed by atoms with van der Waals surface area (Å²) >= 11 is 0. The molecule has 2 aliphatic rings. The largest absolute Gasteiger partial charge is 0.493 e. The van der Waals surface area contributed by atoms with Gasteiger partial charge in [-0.25, -0.2) is 0 Å². The van der Waals surface area contributed by atoms with E-state index in [2.05, 4.69) is 49.6 Å². The highest BCUT2D eigenvalue weighted by Gasteiger charge is 2.43. The molecule has 0 unspecified atom stereocenters. The molecule has 2 heterocycles. The summed E-state index contributed by atoms with van der Waals surface area (Å²) in [6.07, 6.45) is 8.04. The molecule has 0 radical (unpaired) electrons. The number of carbonyl (C=O) groups excluding carboxylic acids is 1. The van der Waals surface area contributed by atoms with Gasteiger partial charge in [0.25, 0.3) is 5.91 Å². The van der Waals surface area contributed by atoms with E-state index in [9.17, 15) is 4.79 Å². The number of nitrogens with one attached hydrogen (secondary N) is 2. The van der Waals surface area contributed by atoms with E-state index in [-0.39, 0.29) is 16.9 Å². The van der Waals surface area contributed by atoms with Gasteiger partial charge in [-0.05, 0) is 49.5 Å². The first-order chi connectivity index (χ1) is 16.2. The fourth-order valence-corrected chi connectivity index (χ4v) is 4.52. The van der Waals surface area contributed by atoms with Crippen LogP contribution in [-0.4, -0.2) is 57.4 Å². The number of allylic oxidation sites excluding steroid dienone is 2. The highest BCUT2D eigenvalue weighted by molar-refractivity contribution is 5.95. The van der Waals surface area contributed by atoms with E-state index >= 15 is 0 Å². The topological polar surface area (TPSA) is 72.1 Å². The standard InChI is InChI=1S/C27H39N3O4/c1-8-20-21(11-16-32-5)29-27(24(28-20)18-26(2,3)4)12-14-30(15-13-27)25(31)19-9-10-22(33-6)23(17-19)34-7/h8-11,17-18,28-29H,12-16H2,1-7H3/b20-8+,21-11+,24-18-. The van der Waals surface area contributed by atoms with Crippen LogP contribution in [0.25, 0.3) is 0 Å². The molecule has 7 heteroatoms. The maximum atomic E-state index is 13.3. The van der Waals surface area contributed by atoms with Crippen LogP contribution in [0.3, 0.4) is 0 Å². The van der Waals surface area contributed by atoms with E-state index in [0.29, 0.717) is 36.8 Å². The third kappa shape index (κ3) is 5.58. The van der Waals surface area contributed by atoms with Crippen LogP contribution in [0.15, 0.2) is 53.5 Å². The first-order valence-corrected chi connectivity index (χ1v) is 11.8. The number of likely N-dealkylation sites (tertiary alicyclic amines) is 1. The number of hydrogen-bond acceptors (Lipinski definition) is 6. The van der Waals surface area contributed by atoms with E-state index in [4.69, 9.17) is 14.2 Å². The Morgan fingerprint density at radius 3 is 2.32 bits per heavy atom. The van der Waals surface area contributed by atoms with Crippen molar-refractivity contribution >= 4 is 5.91 Å². The molecule has 0 aromatic heterocycles. The Bertz CT molecular complexity index is 980. The van der Waals surface area contributed by atoms with Crippen molar-refractivity contribution in [2.24, 2.45) is 5.41 Å². The highest BCUT2D eigenvalue weighted by Crippen LogP contribution is 2.37. The average molecular weight is 470 g/mol. The summed E-state index contributed by atoms with van der Waals surface area (Å²) in [6, 6.07) is 5.32. The van der Waals surface area contributed by atoms with Crippen molar-refractivity contribution in [2.45, 2.75) is 46.1 Å². The number of benzene rings is 1. The van der Waals surface area contributed by atoms with Gasteiger partial charge in [0.05, 0.1) is 37.8 Å². The molecule has 0 saturated carbocycles. The molecule has 7 nitrogen and oxygen atoms in total. The second kappa shape index (κ2) is 10.6. The van der Waals surface area contributed by atoms with Crippen molar-refractivity contribution in [2.75, 3.05) is 41.0 Å². The number of amides is 1. The molecule has 1 aromatic rings. The van der Waals surface area contributed by atoms with Crippen LogP contribution >= 0.6 is 0 Å². The minimum Gasteiger partial charge on any atom is -0.493 e. The number of piperazine rings is 1. The molecule has 0 atom stereocenters. The molecule has 3 rings (SSSR count). The van der Waals surface area contributed by atoms with Crippen molar-refractivity contribution in [3.8, 4) is 11.5 Å². The normalized spacial score (nSPS) is 21.5. The molecule has 2 N–H and O–H groups in total. The maximum absolute atomic E-state index is 13.3. The fraction of sp³-hybridized carbons (Fsp3) is 0.519. The number of rotatable bonds is 5. The number of ether oxygens (including phenoxy) is 3. The van der Waals surface area contributed by atoms with Crippen LogP contribution in [0.1, 0.15) is 50.9 Å². The summed E-state index contributed by atoms with van der Waals surface area (Å²) in [5, 5.41) is 7.50. The molecule has 2 aliphatic heterocycles. The quantitative estimate of drug-likeness (QED) is 0.672. The Labute approximate surface area is 203 Å². The molecule has 0 aliphatic carbocycles. The van der Waals surface area contributed by atoms with Crippen molar-refractivity contribution in [1.82, 2.24) is 15.5 Å². The predicted octanol–water partition coefficient (Wildman–Crippen LogP) is 4.24. The van der Waals surface area contributed by atoms with Crippen molar-refractivity contribution < 1.29 is 19.0 Å². The maximum Gasteiger partial charge on any atom is 0.253 e. The summed E-state index contributed by atoms with van der Waals surface area (Å²) in [6.45, 7) is 10.5. The van der Waals surface area contributed by atoms with E-state index in [1.807, 2.05) is 11.8 Å². The van der Waals surface area contributed by atoms with E-state index in [0.717, 1.165) is 24.2 Å². The van der Waals surface area contributed by atoms with Crippen LogP contribution < -0.4 is 20.1 Å². The molecular formula is C27H39N3O4. The van der Waals surface area contributed by atoms with Crippen LogP contribution in [0.2, 0.25) is 0 Å². The number of methoxy groups -OCH3 is 3. The first kappa shape index (κ1) is 25.7. The van der Waals surface area contributed by atoms with Gasteiger partial charge in [0.2, 0.25) is 0 Å². The Morgan fingerprint density at radius 2 is 1.76 bits per heavy atom. The van der Waals surface area contributed by atoms with Gasteiger partial charge in [-0.15, -0.1) is 0 Å². The van der Waals surface area contributed by atoms with Crippen LogP contribution in [0.4, 0.5) is 0 Å². The molecular weight excluding hydrogens is 430 g/mol. The second-order valence-corrected chi connectivity index (χ2v) is 9.89. The number of piperidine rings is 1. The van der Waals surface area contributed by atoms with Crippen molar-refractivity contribution in [3.63, 3.8) is 0 Å². The van der Waals surface area contributed by atoms with Gasteiger partial charge in [-0.1, -0.05) is 32.9 Å². The zero-order valence-corrected chi connectivity index (χ0v) is 21.6. The molecule has 186 valence electrons. The number of carbonyl (C=O) groups is 1. The van der Waals surface area contributed by atoms with Crippen LogP contribution in [0.5, 0.6) is 11.5 Å². The van der Waals surface area contributed by atoms with Gasteiger partial charge in [0, 0.05) is 31.5 Å². The molecule has 1 amide bonds. The lowest BCUT2D eigenvalue weighted by molar-refractivity contribution is 0.0665. The smallest absolute Gasteiger partial charge is 0.253 e. The lowest BCUT2D eigenvalue weighted by atomic mass is 9.78. The zero-order valence-electron chi connectivity index (χ0n) is 21.6. The summed E-state index contributed by atoms with van der Waals surface area (Å²) in [4.78, 5) is 15.2.